The predicted molar refractivity (Wildman–Crippen MR) is 61.9 cm³/mol. The third kappa shape index (κ3) is 7.96. The first-order valence-electron chi connectivity index (χ1n) is 5.55. The molecule has 0 aromatic heterocycles. The zero-order valence-electron chi connectivity index (χ0n) is 9.92. The van der Waals surface area contributed by atoms with Gasteiger partial charge in [0.05, 0.1) is 0 Å². The summed E-state index contributed by atoms with van der Waals surface area (Å²) in [5.41, 5.74) is 0. The molecular formula is C12H23NO. The van der Waals surface area contributed by atoms with Crippen LogP contribution in [-0.4, -0.2) is 18.5 Å². The molecule has 0 radical (unpaired) electrons. The summed E-state index contributed by atoms with van der Waals surface area (Å²) < 4.78 is 0. The molecule has 2 heteroatoms. The number of nitrogens with zero attached hydrogens (tertiary/aromatic N) is 1. The Bertz CT molecular complexity index is 183. The molecule has 0 fully saturated rings. The molecule has 0 saturated heterocycles. The summed E-state index contributed by atoms with van der Waals surface area (Å²) in [6.07, 6.45) is 4.53. The average Bonchev–Trinajstić information content (AvgIpc) is 2.09. The summed E-state index contributed by atoms with van der Waals surface area (Å²) in [6, 6.07) is 0. The van der Waals surface area contributed by atoms with Crippen molar-refractivity contribution in [2.24, 2.45) is 16.8 Å². The first kappa shape index (κ1) is 13.3. The molecule has 0 bridgehead atoms. The van der Waals surface area contributed by atoms with Crippen molar-refractivity contribution in [3.63, 3.8) is 0 Å². The standard InChI is InChI=1S/C12H23NO/c1-10(2)9-13-8-6-5-7-12(14)11(3)4/h8,10-11H,5-7,9H2,1-4H3. The van der Waals surface area contributed by atoms with Crippen LogP contribution in [0, 0.1) is 11.8 Å². The normalized spacial score (nSPS) is 11.9. The third-order valence-corrected chi connectivity index (χ3v) is 2.00. The van der Waals surface area contributed by atoms with Crippen LogP contribution in [0.5, 0.6) is 0 Å². The van der Waals surface area contributed by atoms with Crippen molar-refractivity contribution in [1.29, 1.82) is 0 Å². The first-order valence-corrected chi connectivity index (χ1v) is 5.55. The van der Waals surface area contributed by atoms with Gasteiger partial charge in [-0.05, 0) is 25.0 Å². The van der Waals surface area contributed by atoms with Crippen molar-refractivity contribution in [1.82, 2.24) is 0 Å². The fraction of sp³-hybridized carbons (Fsp3) is 0.833. The van der Waals surface area contributed by atoms with Crippen LogP contribution < -0.4 is 0 Å². The molecule has 0 heterocycles. The second-order valence-electron chi connectivity index (χ2n) is 4.45. The zero-order valence-corrected chi connectivity index (χ0v) is 9.92. The van der Waals surface area contributed by atoms with E-state index in [0.29, 0.717) is 18.1 Å². The van der Waals surface area contributed by atoms with Crippen LogP contribution >= 0.6 is 0 Å². The van der Waals surface area contributed by atoms with Gasteiger partial charge in [-0.2, -0.15) is 0 Å². The van der Waals surface area contributed by atoms with E-state index < -0.39 is 0 Å². The van der Waals surface area contributed by atoms with E-state index in [4.69, 9.17) is 0 Å². The molecule has 2 nitrogen and oxygen atoms in total. The number of ketones is 1. The molecule has 0 aliphatic heterocycles. The maximum absolute atomic E-state index is 11.2. The Kier molecular flexibility index (Phi) is 7.35. The van der Waals surface area contributed by atoms with Crippen LogP contribution in [0.4, 0.5) is 0 Å². The highest BCUT2D eigenvalue weighted by Crippen LogP contribution is 2.03. The van der Waals surface area contributed by atoms with Crippen LogP contribution in [0.25, 0.3) is 0 Å². The Balaban J connectivity index is 3.38. The van der Waals surface area contributed by atoms with E-state index in [1.54, 1.807) is 0 Å². The van der Waals surface area contributed by atoms with Gasteiger partial charge in [0, 0.05) is 18.9 Å². The molecule has 0 aliphatic carbocycles. The average molecular weight is 197 g/mol. The van der Waals surface area contributed by atoms with Crippen LogP contribution in [0.2, 0.25) is 0 Å². The van der Waals surface area contributed by atoms with Crippen molar-refractivity contribution in [3.8, 4) is 0 Å². The minimum Gasteiger partial charge on any atom is -0.299 e. The fourth-order valence-electron chi connectivity index (χ4n) is 1.03. The van der Waals surface area contributed by atoms with Crippen molar-refractivity contribution < 1.29 is 4.79 Å². The molecule has 82 valence electrons. The molecule has 0 spiro atoms. The lowest BCUT2D eigenvalue weighted by atomic mass is 10.0. The number of hydrogen-bond donors (Lipinski definition) is 0. The van der Waals surface area contributed by atoms with E-state index in [2.05, 4.69) is 18.8 Å². The lowest BCUT2D eigenvalue weighted by molar-refractivity contribution is -0.121. The Labute approximate surface area is 87.8 Å². The Morgan fingerprint density at radius 1 is 1.29 bits per heavy atom. The van der Waals surface area contributed by atoms with E-state index in [1.807, 2.05) is 20.1 Å². The van der Waals surface area contributed by atoms with Crippen molar-refractivity contribution >= 4 is 12.0 Å². The highest BCUT2D eigenvalue weighted by molar-refractivity contribution is 5.80. The summed E-state index contributed by atoms with van der Waals surface area (Å²) in [5.74, 6) is 1.17. The topological polar surface area (TPSA) is 29.4 Å². The van der Waals surface area contributed by atoms with Gasteiger partial charge in [-0.1, -0.05) is 27.7 Å². The van der Waals surface area contributed by atoms with Crippen LogP contribution in [0.3, 0.4) is 0 Å². The van der Waals surface area contributed by atoms with Crippen molar-refractivity contribution in [3.05, 3.63) is 0 Å². The smallest absolute Gasteiger partial charge is 0.135 e. The molecular weight excluding hydrogens is 174 g/mol. The summed E-state index contributed by atoms with van der Waals surface area (Å²) in [7, 11) is 0. The van der Waals surface area contributed by atoms with Crippen LogP contribution in [0.15, 0.2) is 4.99 Å². The minimum atomic E-state index is 0.183. The van der Waals surface area contributed by atoms with Gasteiger partial charge in [-0.3, -0.25) is 9.79 Å². The molecule has 0 aromatic carbocycles. The second-order valence-corrected chi connectivity index (χ2v) is 4.45. The van der Waals surface area contributed by atoms with E-state index >= 15 is 0 Å². The van der Waals surface area contributed by atoms with E-state index in [1.165, 1.54) is 0 Å². The Morgan fingerprint density at radius 2 is 1.93 bits per heavy atom. The Morgan fingerprint density at radius 3 is 2.43 bits per heavy atom. The number of carbonyl (C=O) groups excluding carboxylic acids is 1. The largest absolute Gasteiger partial charge is 0.299 e. The van der Waals surface area contributed by atoms with Gasteiger partial charge in [0.1, 0.15) is 5.78 Å². The molecule has 0 atom stereocenters. The van der Waals surface area contributed by atoms with Gasteiger partial charge < -0.3 is 0 Å². The summed E-state index contributed by atoms with van der Waals surface area (Å²) in [5, 5.41) is 0. The highest BCUT2D eigenvalue weighted by Gasteiger charge is 2.05. The summed E-state index contributed by atoms with van der Waals surface area (Å²) in [6.45, 7) is 9.11. The maximum atomic E-state index is 11.2. The predicted octanol–water partition coefficient (Wildman–Crippen LogP) is 3.11. The van der Waals surface area contributed by atoms with E-state index in [9.17, 15) is 4.79 Å². The summed E-state index contributed by atoms with van der Waals surface area (Å²) in [4.78, 5) is 15.5. The SMILES string of the molecule is CC(C)CN=CCCCC(=O)C(C)C. The lowest BCUT2D eigenvalue weighted by Gasteiger charge is -2.01. The number of rotatable bonds is 7. The molecule has 0 saturated carbocycles. The van der Waals surface area contributed by atoms with Gasteiger partial charge in [-0.15, -0.1) is 0 Å². The molecule has 0 aromatic rings. The molecule has 0 rings (SSSR count). The fourth-order valence-corrected chi connectivity index (χ4v) is 1.03. The zero-order chi connectivity index (χ0) is 11.0. The van der Waals surface area contributed by atoms with Gasteiger partial charge in [0.25, 0.3) is 0 Å². The minimum absolute atomic E-state index is 0.183. The van der Waals surface area contributed by atoms with Crippen LogP contribution in [-0.2, 0) is 4.79 Å². The van der Waals surface area contributed by atoms with Crippen molar-refractivity contribution in [2.45, 2.75) is 47.0 Å². The van der Waals surface area contributed by atoms with Gasteiger partial charge in [0.2, 0.25) is 0 Å². The number of carbonyl (C=O) groups is 1. The van der Waals surface area contributed by atoms with Crippen molar-refractivity contribution in [2.75, 3.05) is 6.54 Å². The monoisotopic (exact) mass is 197 g/mol. The van der Waals surface area contributed by atoms with Gasteiger partial charge >= 0.3 is 0 Å². The second kappa shape index (κ2) is 7.72. The van der Waals surface area contributed by atoms with Gasteiger partial charge in [0.15, 0.2) is 0 Å². The third-order valence-electron chi connectivity index (χ3n) is 2.00. The maximum Gasteiger partial charge on any atom is 0.135 e. The number of unbranched alkanes of at least 4 members (excludes halogenated alkanes) is 1. The molecule has 0 amide bonds. The quantitative estimate of drug-likeness (QED) is 0.455. The summed E-state index contributed by atoms with van der Waals surface area (Å²) >= 11 is 0. The molecule has 14 heavy (non-hydrogen) atoms. The molecule has 0 unspecified atom stereocenters. The van der Waals surface area contributed by atoms with E-state index in [0.717, 1.165) is 19.4 Å². The first-order chi connectivity index (χ1) is 6.54. The van der Waals surface area contributed by atoms with E-state index in [-0.39, 0.29) is 5.92 Å². The van der Waals surface area contributed by atoms with Gasteiger partial charge in [-0.25, -0.2) is 0 Å². The Hall–Kier alpha value is -0.660. The lowest BCUT2D eigenvalue weighted by Crippen LogP contribution is -2.06. The van der Waals surface area contributed by atoms with Crippen LogP contribution in [0.1, 0.15) is 47.0 Å². The molecule has 0 aliphatic rings. The number of hydrogen-bond acceptors (Lipinski definition) is 2. The number of aliphatic imine (C=N–C) groups is 1. The molecule has 0 N–H and O–H groups in total. The highest BCUT2D eigenvalue weighted by atomic mass is 16.1. The number of Topliss-reactive ketones (excluding diaryl/α,β-unsaturated/α-hetero) is 1.